The fourth-order valence-electron chi connectivity index (χ4n) is 2.31. The molecule has 0 aromatic carbocycles. The van der Waals surface area contributed by atoms with Gasteiger partial charge in [0.25, 0.3) is 5.91 Å². The SMILES string of the molecule is O=C1NCCc2[nH]c(-c3ccnc(Cl)c3)c([N+](=O)[O-])c21. The maximum atomic E-state index is 11.8. The Morgan fingerprint density at radius 2 is 2.25 bits per heavy atom. The van der Waals surface area contributed by atoms with E-state index in [1.54, 1.807) is 6.07 Å². The molecular weight excluding hydrogens is 284 g/mol. The van der Waals surface area contributed by atoms with Crippen molar-refractivity contribution in [2.24, 2.45) is 0 Å². The van der Waals surface area contributed by atoms with E-state index < -0.39 is 10.8 Å². The van der Waals surface area contributed by atoms with Crippen LogP contribution < -0.4 is 5.32 Å². The molecule has 102 valence electrons. The third-order valence-corrected chi connectivity index (χ3v) is 3.34. The zero-order valence-electron chi connectivity index (χ0n) is 10.1. The van der Waals surface area contributed by atoms with Gasteiger partial charge in [0.05, 0.1) is 4.92 Å². The van der Waals surface area contributed by atoms with Crippen molar-refractivity contribution in [1.29, 1.82) is 0 Å². The Hall–Kier alpha value is -2.41. The number of carbonyl (C=O) groups is 1. The Labute approximate surface area is 118 Å². The van der Waals surface area contributed by atoms with E-state index in [9.17, 15) is 14.9 Å². The fraction of sp³-hybridized carbons (Fsp3) is 0.167. The number of aromatic nitrogens is 2. The van der Waals surface area contributed by atoms with Gasteiger partial charge >= 0.3 is 5.69 Å². The number of aromatic amines is 1. The molecule has 0 unspecified atom stereocenters. The molecule has 0 saturated heterocycles. The van der Waals surface area contributed by atoms with Crippen molar-refractivity contribution in [2.75, 3.05) is 6.54 Å². The highest BCUT2D eigenvalue weighted by Crippen LogP contribution is 2.36. The lowest BCUT2D eigenvalue weighted by molar-refractivity contribution is -0.384. The quantitative estimate of drug-likeness (QED) is 0.501. The number of pyridine rings is 1. The van der Waals surface area contributed by atoms with E-state index in [0.717, 1.165) is 0 Å². The van der Waals surface area contributed by atoms with Crippen LogP contribution in [0, 0.1) is 10.1 Å². The molecule has 2 aromatic heterocycles. The van der Waals surface area contributed by atoms with Crippen molar-refractivity contribution in [3.8, 4) is 11.3 Å². The lowest BCUT2D eigenvalue weighted by Gasteiger charge is -2.10. The minimum atomic E-state index is -0.552. The first-order valence-electron chi connectivity index (χ1n) is 5.87. The summed E-state index contributed by atoms with van der Waals surface area (Å²) >= 11 is 5.81. The standard InChI is InChI=1S/C12H9ClN4O3/c13-8-5-6(1-3-14-8)10-11(17(19)20)9-7(16-10)2-4-15-12(9)18/h1,3,5,16H,2,4H2,(H,15,18). The predicted octanol–water partition coefficient (Wildman–Crippen LogP) is 1.92. The normalized spacial score (nSPS) is 13.8. The Kier molecular flexibility index (Phi) is 2.90. The summed E-state index contributed by atoms with van der Waals surface area (Å²) in [5.41, 5.74) is 1.26. The van der Waals surface area contributed by atoms with Crippen LogP contribution in [-0.2, 0) is 6.42 Å². The topological polar surface area (TPSA) is 101 Å². The van der Waals surface area contributed by atoms with Crippen LogP contribution in [0.1, 0.15) is 16.1 Å². The number of amides is 1. The first-order valence-corrected chi connectivity index (χ1v) is 6.25. The van der Waals surface area contributed by atoms with Gasteiger partial charge in [0.2, 0.25) is 0 Å². The van der Waals surface area contributed by atoms with E-state index >= 15 is 0 Å². The molecule has 0 spiro atoms. The van der Waals surface area contributed by atoms with Gasteiger partial charge in [0, 0.05) is 30.4 Å². The average molecular weight is 293 g/mol. The van der Waals surface area contributed by atoms with Gasteiger partial charge in [-0.1, -0.05) is 11.6 Å². The molecule has 8 heteroatoms. The van der Waals surface area contributed by atoms with Gasteiger partial charge in [-0.15, -0.1) is 0 Å². The minimum absolute atomic E-state index is 0.101. The van der Waals surface area contributed by atoms with Gasteiger partial charge in [-0.2, -0.15) is 0 Å². The maximum absolute atomic E-state index is 11.8. The predicted molar refractivity (Wildman–Crippen MR) is 71.7 cm³/mol. The van der Waals surface area contributed by atoms with Gasteiger partial charge in [-0.25, -0.2) is 4.98 Å². The van der Waals surface area contributed by atoms with Gasteiger partial charge < -0.3 is 10.3 Å². The molecule has 7 nitrogen and oxygen atoms in total. The van der Waals surface area contributed by atoms with Gasteiger partial charge in [-0.3, -0.25) is 14.9 Å². The Morgan fingerprint density at radius 3 is 2.95 bits per heavy atom. The third kappa shape index (κ3) is 1.92. The highest BCUT2D eigenvalue weighted by atomic mass is 35.5. The summed E-state index contributed by atoms with van der Waals surface area (Å²) < 4.78 is 0. The van der Waals surface area contributed by atoms with E-state index in [1.807, 2.05) is 0 Å². The monoisotopic (exact) mass is 292 g/mol. The van der Waals surface area contributed by atoms with Gasteiger partial charge in [-0.05, 0) is 12.1 Å². The summed E-state index contributed by atoms with van der Waals surface area (Å²) in [7, 11) is 0. The molecule has 1 aliphatic heterocycles. The molecular formula is C12H9ClN4O3. The Balaban J connectivity index is 2.26. The molecule has 3 rings (SSSR count). The summed E-state index contributed by atoms with van der Waals surface area (Å²) in [4.78, 5) is 29.4. The highest BCUT2D eigenvalue weighted by Gasteiger charge is 2.34. The Bertz CT molecular complexity index is 725. The summed E-state index contributed by atoms with van der Waals surface area (Å²) in [6.07, 6.45) is 1.99. The number of carbonyl (C=O) groups excluding carboxylic acids is 1. The second-order valence-electron chi connectivity index (χ2n) is 4.33. The van der Waals surface area contributed by atoms with Gasteiger partial charge in [0.15, 0.2) is 0 Å². The zero-order valence-corrected chi connectivity index (χ0v) is 10.9. The molecule has 2 N–H and O–H groups in total. The summed E-state index contributed by atoms with van der Waals surface area (Å²) in [6.45, 7) is 0.458. The van der Waals surface area contributed by atoms with Crippen LogP contribution >= 0.6 is 11.6 Å². The van der Waals surface area contributed by atoms with Crippen LogP contribution in [0.25, 0.3) is 11.3 Å². The lowest BCUT2D eigenvalue weighted by atomic mass is 10.1. The van der Waals surface area contributed by atoms with Crippen molar-refractivity contribution in [1.82, 2.24) is 15.3 Å². The van der Waals surface area contributed by atoms with Crippen LogP contribution in [0.3, 0.4) is 0 Å². The van der Waals surface area contributed by atoms with Crippen LogP contribution in [0.2, 0.25) is 5.15 Å². The summed E-state index contributed by atoms with van der Waals surface area (Å²) in [6, 6.07) is 3.12. The summed E-state index contributed by atoms with van der Waals surface area (Å²) in [5.74, 6) is -0.430. The molecule has 0 atom stereocenters. The zero-order chi connectivity index (χ0) is 14.3. The van der Waals surface area contributed by atoms with Crippen molar-refractivity contribution >= 4 is 23.2 Å². The molecule has 1 aliphatic rings. The van der Waals surface area contributed by atoms with Crippen molar-refractivity contribution in [3.05, 3.63) is 44.9 Å². The van der Waals surface area contributed by atoms with Crippen LogP contribution in [0.4, 0.5) is 5.69 Å². The number of fused-ring (bicyclic) bond motifs is 1. The number of nitro groups is 1. The first kappa shape index (κ1) is 12.6. The second kappa shape index (κ2) is 4.61. The van der Waals surface area contributed by atoms with Crippen molar-refractivity contribution in [3.63, 3.8) is 0 Å². The maximum Gasteiger partial charge on any atom is 0.307 e. The third-order valence-electron chi connectivity index (χ3n) is 3.14. The molecule has 3 heterocycles. The van der Waals surface area contributed by atoms with E-state index in [0.29, 0.717) is 24.2 Å². The molecule has 0 saturated carbocycles. The van der Waals surface area contributed by atoms with Crippen LogP contribution in [0.5, 0.6) is 0 Å². The molecule has 2 aromatic rings. The van der Waals surface area contributed by atoms with Crippen molar-refractivity contribution in [2.45, 2.75) is 6.42 Å². The highest BCUT2D eigenvalue weighted by molar-refractivity contribution is 6.29. The van der Waals surface area contributed by atoms with Gasteiger partial charge in [0.1, 0.15) is 16.4 Å². The van der Waals surface area contributed by atoms with E-state index in [1.165, 1.54) is 12.3 Å². The molecule has 0 fully saturated rings. The number of hydrogen-bond donors (Lipinski definition) is 2. The van der Waals surface area contributed by atoms with E-state index in [4.69, 9.17) is 11.6 Å². The smallest absolute Gasteiger partial charge is 0.307 e. The number of halogens is 1. The molecule has 20 heavy (non-hydrogen) atoms. The summed E-state index contributed by atoms with van der Waals surface area (Å²) in [5, 5.41) is 14.2. The van der Waals surface area contributed by atoms with E-state index in [-0.39, 0.29) is 22.1 Å². The number of nitrogens with zero attached hydrogens (tertiary/aromatic N) is 2. The number of nitrogens with one attached hydrogen (secondary N) is 2. The molecule has 0 bridgehead atoms. The largest absolute Gasteiger partial charge is 0.352 e. The minimum Gasteiger partial charge on any atom is -0.352 e. The lowest BCUT2D eigenvalue weighted by Crippen LogP contribution is -2.31. The van der Waals surface area contributed by atoms with Crippen LogP contribution in [0.15, 0.2) is 18.3 Å². The van der Waals surface area contributed by atoms with E-state index in [2.05, 4.69) is 15.3 Å². The van der Waals surface area contributed by atoms with Crippen molar-refractivity contribution < 1.29 is 9.72 Å². The average Bonchev–Trinajstić information content (AvgIpc) is 2.79. The fourth-order valence-corrected chi connectivity index (χ4v) is 2.49. The molecule has 1 amide bonds. The molecule has 0 aliphatic carbocycles. The number of hydrogen-bond acceptors (Lipinski definition) is 4. The second-order valence-corrected chi connectivity index (χ2v) is 4.72. The first-order chi connectivity index (χ1) is 9.58. The number of rotatable bonds is 2. The molecule has 0 radical (unpaired) electrons. The number of H-pyrrole nitrogens is 1. The Morgan fingerprint density at radius 1 is 1.45 bits per heavy atom. The van der Waals surface area contributed by atoms with Crippen LogP contribution in [-0.4, -0.2) is 27.3 Å².